The lowest BCUT2D eigenvalue weighted by Crippen LogP contribution is -2.26. The number of nitrogens with one attached hydrogen (secondary N) is 1. The molecule has 0 atom stereocenters. The molecule has 0 radical (unpaired) electrons. The minimum atomic E-state index is 0.0474. The normalized spacial score (nSPS) is 15.6. The molecule has 0 spiro atoms. The van der Waals surface area contributed by atoms with Crippen molar-refractivity contribution in [2.75, 3.05) is 26.2 Å². The SMILES string of the molecule is O=C(NCCCCN1CCCC1)c1ccccc1I. The summed E-state index contributed by atoms with van der Waals surface area (Å²) in [7, 11) is 0. The maximum atomic E-state index is 12.0. The van der Waals surface area contributed by atoms with Gasteiger partial charge in [0, 0.05) is 10.1 Å². The second-order valence-corrected chi connectivity index (χ2v) is 6.15. The Morgan fingerprint density at radius 1 is 1.21 bits per heavy atom. The highest BCUT2D eigenvalue weighted by molar-refractivity contribution is 14.1. The molecule has 0 unspecified atom stereocenters. The monoisotopic (exact) mass is 372 g/mol. The molecule has 19 heavy (non-hydrogen) atoms. The first-order chi connectivity index (χ1) is 9.27. The fourth-order valence-electron chi connectivity index (χ4n) is 2.41. The van der Waals surface area contributed by atoms with Gasteiger partial charge in [-0.05, 0) is 80.0 Å². The fraction of sp³-hybridized carbons (Fsp3) is 0.533. The Kier molecular flexibility index (Phi) is 6.10. The lowest BCUT2D eigenvalue weighted by atomic mass is 10.2. The van der Waals surface area contributed by atoms with E-state index in [1.165, 1.54) is 38.9 Å². The van der Waals surface area contributed by atoms with Crippen molar-refractivity contribution in [2.24, 2.45) is 0 Å². The highest BCUT2D eigenvalue weighted by atomic mass is 127. The van der Waals surface area contributed by atoms with Crippen LogP contribution in [0.3, 0.4) is 0 Å². The number of carbonyl (C=O) groups excluding carboxylic acids is 1. The van der Waals surface area contributed by atoms with E-state index in [9.17, 15) is 4.79 Å². The smallest absolute Gasteiger partial charge is 0.252 e. The quantitative estimate of drug-likeness (QED) is 0.615. The predicted molar refractivity (Wildman–Crippen MR) is 86.4 cm³/mol. The molecule has 1 aliphatic heterocycles. The number of unbranched alkanes of at least 4 members (excludes halogenated alkanes) is 1. The number of amides is 1. The van der Waals surface area contributed by atoms with E-state index < -0.39 is 0 Å². The maximum Gasteiger partial charge on any atom is 0.252 e. The summed E-state index contributed by atoms with van der Waals surface area (Å²) in [5.41, 5.74) is 0.780. The molecule has 1 saturated heterocycles. The van der Waals surface area contributed by atoms with Crippen molar-refractivity contribution in [3.63, 3.8) is 0 Å². The second-order valence-electron chi connectivity index (χ2n) is 4.99. The van der Waals surface area contributed by atoms with E-state index in [1.54, 1.807) is 0 Å². The number of benzene rings is 1. The molecule has 3 nitrogen and oxygen atoms in total. The molecule has 2 rings (SSSR count). The van der Waals surface area contributed by atoms with Crippen LogP contribution in [0.5, 0.6) is 0 Å². The average molecular weight is 372 g/mol. The van der Waals surface area contributed by atoms with E-state index in [0.717, 1.165) is 22.1 Å². The zero-order valence-corrected chi connectivity index (χ0v) is 13.4. The summed E-state index contributed by atoms with van der Waals surface area (Å²) in [5.74, 6) is 0.0474. The Balaban J connectivity index is 1.62. The van der Waals surface area contributed by atoms with Gasteiger partial charge < -0.3 is 10.2 Å². The Bertz CT molecular complexity index is 416. The Hall–Kier alpha value is -0.620. The van der Waals surface area contributed by atoms with E-state index in [4.69, 9.17) is 0 Å². The highest BCUT2D eigenvalue weighted by Gasteiger charge is 2.11. The van der Waals surface area contributed by atoms with Gasteiger partial charge in [0.15, 0.2) is 0 Å². The number of hydrogen-bond acceptors (Lipinski definition) is 2. The van der Waals surface area contributed by atoms with Crippen LogP contribution in [0.4, 0.5) is 0 Å². The minimum Gasteiger partial charge on any atom is -0.352 e. The molecule has 104 valence electrons. The van der Waals surface area contributed by atoms with Gasteiger partial charge in [0.05, 0.1) is 5.56 Å². The van der Waals surface area contributed by atoms with Gasteiger partial charge in [-0.15, -0.1) is 0 Å². The average Bonchev–Trinajstić information content (AvgIpc) is 2.92. The summed E-state index contributed by atoms with van der Waals surface area (Å²) in [6, 6.07) is 7.70. The van der Waals surface area contributed by atoms with Crippen LogP contribution in [-0.4, -0.2) is 37.0 Å². The third-order valence-corrected chi connectivity index (χ3v) is 4.44. The van der Waals surface area contributed by atoms with Gasteiger partial charge in [0.1, 0.15) is 0 Å². The Morgan fingerprint density at radius 3 is 2.68 bits per heavy atom. The van der Waals surface area contributed by atoms with Crippen molar-refractivity contribution in [3.05, 3.63) is 33.4 Å². The molecular weight excluding hydrogens is 351 g/mol. The first kappa shape index (κ1) is 14.8. The summed E-state index contributed by atoms with van der Waals surface area (Å²) >= 11 is 2.20. The molecule has 1 aromatic rings. The standard InChI is InChI=1S/C15H21IN2O/c16-14-8-2-1-7-13(14)15(19)17-9-3-4-10-18-11-5-6-12-18/h1-2,7-8H,3-6,9-12H2,(H,17,19). The van der Waals surface area contributed by atoms with Crippen molar-refractivity contribution in [1.29, 1.82) is 0 Å². The molecular formula is C15H21IN2O. The molecule has 1 heterocycles. The molecule has 1 aromatic carbocycles. The van der Waals surface area contributed by atoms with Gasteiger partial charge in [-0.25, -0.2) is 0 Å². The van der Waals surface area contributed by atoms with Crippen molar-refractivity contribution in [1.82, 2.24) is 10.2 Å². The van der Waals surface area contributed by atoms with Gasteiger partial charge >= 0.3 is 0 Å². The topological polar surface area (TPSA) is 32.3 Å². The van der Waals surface area contributed by atoms with E-state index >= 15 is 0 Å². The van der Waals surface area contributed by atoms with Crippen LogP contribution in [0.2, 0.25) is 0 Å². The molecule has 0 bridgehead atoms. The van der Waals surface area contributed by atoms with Crippen molar-refractivity contribution in [2.45, 2.75) is 25.7 Å². The van der Waals surface area contributed by atoms with Crippen LogP contribution in [0.15, 0.2) is 24.3 Å². The molecule has 0 aliphatic carbocycles. The van der Waals surface area contributed by atoms with E-state index in [0.29, 0.717) is 0 Å². The van der Waals surface area contributed by atoms with Crippen LogP contribution < -0.4 is 5.32 Å². The molecule has 0 aromatic heterocycles. The van der Waals surface area contributed by atoms with Crippen molar-refractivity contribution < 1.29 is 4.79 Å². The number of nitrogens with zero attached hydrogens (tertiary/aromatic N) is 1. The Labute approximate surface area is 128 Å². The predicted octanol–water partition coefficient (Wildman–Crippen LogP) is 2.90. The van der Waals surface area contributed by atoms with Gasteiger partial charge in [-0.1, -0.05) is 12.1 Å². The summed E-state index contributed by atoms with van der Waals surface area (Å²) < 4.78 is 1.01. The Morgan fingerprint density at radius 2 is 1.95 bits per heavy atom. The number of likely N-dealkylation sites (tertiary alicyclic amines) is 1. The van der Waals surface area contributed by atoms with Crippen LogP contribution in [0.1, 0.15) is 36.0 Å². The molecule has 4 heteroatoms. The maximum absolute atomic E-state index is 12.0. The first-order valence-corrected chi connectivity index (χ1v) is 8.10. The summed E-state index contributed by atoms with van der Waals surface area (Å²) in [5, 5.41) is 3.00. The van der Waals surface area contributed by atoms with Gasteiger partial charge in [-0.3, -0.25) is 4.79 Å². The number of carbonyl (C=O) groups is 1. The van der Waals surface area contributed by atoms with E-state index in [1.807, 2.05) is 24.3 Å². The van der Waals surface area contributed by atoms with Crippen molar-refractivity contribution in [3.8, 4) is 0 Å². The third kappa shape index (κ3) is 4.76. The van der Waals surface area contributed by atoms with Crippen LogP contribution in [-0.2, 0) is 0 Å². The van der Waals surface area contributed by atoms with E-state index in [2.05, 4.69) is 32.8 Å². The van der Waals surface area contributed by atoms with Gasteiger partial charge in [-0.2, -0.15) is 0 Å². The van der Waals surface area contributed by atoms with Gasteiger partial charge in [0.2, 0.25) is 0 Å². The largest absolute Gasteiger partial charge is 0.352 e. The zero-order chi connectivity index (χ0) is 13.5. The molecule has 1 fully saturated rings. The lowest BCUT2D eigenvalue weighted by molar-refractivity contribution is 0.0952. The van der Waals surface area contributed by atoms with E-state index in [-0.39, 0.29) is 5.91 Å². The van der Waals surface area contributed by atoms with Crippen LogP contribution >= 0.6 is 22.6 Å². The van der Waals surface area contributed by atoms with Crippen molar-refractivity contribution >= 4 is 28.5 Å². The molecule has 1 N–H and O–H groups in total. The lowest BCUT2D eigenvalue weighted by Gasteiger charge is -2.14. The van der Waals surface area contributed by atoms with Crippen LogP contribution in [0, 0.1) is 3.57 Å². The fourth-order valence-corrected chi connectivity index (χ4v) is 3.04. The molecule has 1 amide bonds. The summed E-state index contributed by atoms with van der Waals surface area (Å²) in [6.07, 6.45) is 4.93. The number of halogens is 1. The first-order valence-electron chi connectivity index (χ1n) is 7.02. The van der Waals surface area contributed by atoms with Crippen LogP contribution in [0.25, 0.3) is 0 Å². The molecule has 1 aliphatic rings. The number of rotatable bonds is 6. The summed E-state index contributed by atoms with van der Waals surface area (Å²) in [4.78, 5) is 14.5. The molecule has 0 saturated carbocycles. The zero-order valence-electron chi connectivity index (χ0n) is 11.2. The number of hydrogen-bond donors (Lipinski definition) is 1. The third-order valence-electron chi connectivity index (χ3n) is 3.50. The highest BCUT2D eigenvalue weighted by Crippen LogP contribution is 2.11. The minimum absolute atomic E-state index is 0.0474. The van der Waals surface area contributed by atoms with Gasteiger partial charge in [0.25, 0.3) is 5.91 Å². The second kappa shape index (κ2) is 7.85. The summed E-state index contributed by atoms with van der Waals surface area (Å²) in [6.45, 7) is 4.47.